The van der Waals surface area contributed by atoms with Crippen molar-refractivity contribution in [1.82, 2.24) is 4.90 Å². The molecule has 0 aromatic rings. The van der Waals surface area contributed by atoms with Gasteiger partial charge in [-0.05, 0) is 13.3 Å². The van der Waals surface area contributed by atoms with E-state index >= 15 is 0 Å². The molecule has 1 heterocycles. The van der Waals surface area contributed by atoms with E-state index in [-0.39, 0.29) is 13.0 Å². The Labute approximate surface area is 91.2 Å². The minimum Gasteiger partial charge on any atom is -0.395 e. The molecule has 2 atom stereocenters. The van der Waals surface area contributed by atoms with Crippen molar-refractivity contribution in [3.8, 4) is 0 Å². The maximum Gasteiger partial charge on any atom is 0.398 e. The molecule has 0 aliphatic carbocycles. The largest absolute Gasteiger partial charge is 0.398 e. The van der Waals surface area contributed by atoms with Gasteiger partial charge in [-0.2, -0.15) is 13.2 Å². The van der Waals surface area contributed by atoms with Gasteiger partial charge in [0.05, 0.1) is 12.6 Å². The Morgan fingerprint density at radius 3 is 2.50 bits per heavy atom. The Morgan fingerprint density at radius 1 is 1.62 bits per heavy atom. The summed E-state index contributed by atoms with van der Waals surface area (Å²) in [6.07, 6.45) is -4.78. The van der Waals surface area contributed by atoms with Gasteiger partial charge in [-0.1, -0.05) is 0 Å². The zero-order valence-electron chi connectivity index (χ0n) is 8.92. The first-order chi connectivity index (χ1) is 7.23. The Hall–Kier alpha value is -0.820. The summed E-state index contributed by atoms with van der Waals surface area (Å²) in [7, 11) is 0. The van der Waals surface area contributed by atoms with Gasteiger partial charge >= 0.3 is 6.18 Å². The van der Waals surface area contributed by atoms with Crippen molar-refractivity contribution < 1.29 is 23.1 Å². The van der Waals surface area contributed by atoms with Crippen molar-refractivity contribution in [2.75, 3.05) is 19.7 Å². The fourth-order valence-corrected chi connectivity index (χ4v) is 1.80. The van der Waals surface area contributed by atoms with E-state index in [0.717, 1.165) is 4.90 Å². The first-order valence-corrected chi connectivity index (χ1v) is 4.95. The molecule has 3 N–H and O–H groups in total. The molecule has 0 aromatic heterocycles. The van der Waals surface area contributed by atoms with Gasteiger partial charge in [0.15, 0.2) is 0 Å². The van der Waals surface area contributed by atoms with Crippen LogP contribution < -0.4 is 5.73 Å². The molecule has 0 spiro atoms. The van der Waals surface area contributed by atoms with Crippen molar-refractivity contribution in [2.45, 2.75) is 25.6 Å². The highest BCUT2D eigenvalue weighted by Crippen LogP contribution is 2.45. The maximum absolute atomic E-state index is 12.7. The van der Waals surface area contributed by atoms with Gasteiger partial charge in [0.1, 0.15) is 5.41 Å². The summed E-state index contributed by atoms with van der Waals surface area (Å²) in [6, 6.07) is -0.817. The molecule has 0 bridgehead atoms. The number of amides is 1. The third-order valence-corrected chi connectivity index (χ3v) is 2.96. The van der Waals surface area contributed by atoms with Crippen LogP contribution in [0.4, 0.5) is 13.2 Å². The van der Waals surface area contributed by atoms with E-state index in [1.165, 1.54) is 6.92 Å². The van der Waals surface area contributed by atoms with E-state index in [9.17, 15) is 18.0 Å². The highest BCUT2D eigenvalue weighted by molar-refractivity contribution is 5.81. The molecular formula is C9H15F3N2O2. The molecule has 1 rings (SSSR count). The van der Waals surface area contributed by atoms with Crippen molar-refractivity contribution in [1.29, 1.82) is 0 Å². The standard InChI is InChI=1S/C9H15F3N2O2/c1-6(13)7(16)14-3-2-8(4-14,5-15)9(10,11)12/h6,15H,2-5,13H2,1H3/t6-,8+/m1/s1. The van der Waals surface area contributed by atoms with Gasteiger partial charge in [0.2, 0.25) is 5.91 Å². The van der Waals surface area contributed by atoms with Crippen LogP contribution in [0.25, 0.3) is 0 Å². The van der Waals surface area contributed by atoms with E-state index in [4.69, 9.17) is 10.8 Å². The molecule has 94 valence electrons. The Kier molecular flexibility index (Phi) is 3.49. The van der Waals surface area contributed by atoms with Crippen molar-refractivity contribution in [3.63, 3.8) is 0 Å². The molecule has 4 nitrogen and oxygen atoms in total. The number of hydrogen-bond acceptors (Lipinski definition) is 3. The van der Waals surface area contributed by atoms with Gasteiger partial charge < -0.3 is 15.7 Å². The van der Waals surface area contributed by atoms with Crippen LogP contribution in [0.15, 0.2) is 0 Å². The van der Waals surface area contributed by atoms with Gasteiger partial charge in [-0.25, -0.2) is 0 Å². The molecule has 0 saturated carbocycles. The van der Waals surface area contributed by atoms with Crippen molar-refractivity contribution in [2.24, 2.45) is 11.1 Å². The molecule has 7 heteroatoms. The number of rotatable bonds is 2. The third kappa shape index (κ3) is 2.15. The van der Waals surface area contributed by atoms with E-state index < -0.39 is 36.7 Å². The molecule has 0 unspecified atom stereocenters. The predicted molar refractivity (Wildman–Crippen MR) is 50.4 cm³/mol. The second-order valence-corrected chi connectivity index (χ2v) is 4.23. The zero-order chi connectivity index (χ0) is 12.6. The molecule has 0 aromatic carbocycles. The summed E-state index contributed by atoms with van der Waals surface area (Å²) in [6.45, 7) is -0.0953. The lowest BCUT2D eigenvalue weighted by atomic mass is 9.87. The Morgan fingerprint density at radius 2 is 2.19 bits per heavy atom. The van der Waals surface area contributed by atoms with Crippen LogP contribution in [0.2, 0.25) is 0 Å². The lowest BCUT2D eigenvalue weighted by Crippen LogP contribution is -2.47. The van der Waals surface area contributed by atoms with Crippen molar-refractivity contribution >= 4 is 5.91 Å². The molecule has 1 amide bonds. The first-order valence-electron chi connectivity index (χ1n) is 4.95. The van der Waals surface area contributed by atoms with Gasteiger partial charge in [-0.3, -0.25) is 4.79 Å². The summed E-state index contributed by atoms with van der Waals surface area (Å²) < 4.78 is 38.2. The van der Waals surface area contributed by atoms with E-state index in [2.05, 4.69) is 0 Å². The monoisotopic (exact) mass is 240 g/mol. The van der Waals surface area contributed by atoms with Crippen molar-refractivity contribution in [3.05, 3.63) is 0 Å². The highest BCUT2D eigenvalue weighted by Gasteiger charge is 2.58. The average molecular weight is 240 g/mol. The van der Waals surface area contributed by atoms with Gasteiger partial charge in [-0.15, -0.1) is 0 Å². The molecule has 1 saturated heterocycles. The van der Waals surface area contributed by atoms with Crippen LogP contribution in [-0.2, 0) is 4.79 Å². The van der Waals surface area contributed by atoms with E-state index in [1.54, 1.807) is 0 Å². The number of nitrogens with two attached hydrogens (primary N) is 1. The van der Waals surface area contributed by atoms with Gasteiger partial charge in [0.25, 0.3) is 0 Å². The summed E-state index contributed by atoms with van der Waals surface area (Å²) >= 11 is 0. The fourth-order valence-electron chi connectivity index (χ4n) is 1.80. The minimum absolute atomic E-state index is 0.0134. The van der Waals surface area contributed by atoms with Crippen LogP contribution in [0.1, 0.15) is 13.3 Å². The number of carbonyl (C=O) groups excluding carboxylic acids is 1. The van der Waals surface area contributed by atoms with Crippen LogP contribution >= 0.6 is 0 Å². The number of hydrogen-bond donors (Lipinski definition) is 2. The van der Waals surface area contributed by atoms with Crippen LogP contribution in [-0.4, -0.2) is 47.8 Å². The zero-order valence-corrected chi connectivity index (χ0v) is 8.92. The SMILES string of the molecule is C[C@@H](N)C(=O)N1CC[C@](CO)(C(F)(F)F)C1. The number of carbonyl (C=O) groups is 1. The summed E-state index contributed by atoms with van der Waals surface area (Å²) in [5, 5.41) is 8.90. The number of aliphatic hydroxyl groups excluding tert-OH is 1. The lowest BCUT2D eigenvalue weighted by molar-refractivity contribution is -0.230. The van der Waals surface area contributed by atoms with Crippen LogP contribution in [0.3, 0.4) is 0 Å². The predicted octanol–water partition coefficient (Wildman–Crippen LogP) is 0.107. The van der Waals surface area contributed by atoms with E-state index in [0.29, 0.717) is 0 Å². The molecule has 1 aliphatic heterocycles. The number of likely N-dealkylation sites (tertiary alicyclic amines) is 1. The van der Waals surface area contributed by atoms with Crippen LogP contribution in [0.5, 0.6) is 0 Å². The second kappa shape index (κ2) is 4.21. The Bertz CT molecular complexity index is 280. The molecular weight excluding hydrogens is 225 g/mol. The normalized spacial score (nSPS) is 28.2. The minimum atomic E-state index is -4.51. The topological polar surface area (TPSA) is 66.6 Å². The first kappa shape index (κ1) is 13.2. The summed E-state index contributed by atoms with van der Waals surface area (Å²) in [4.78, 5) is 12.5. The quantitative estimate of drug-likeness (QED) is 0.719. The molecule has 1 fully saturated rings. The number of alkyl halides is 3. The maximum atomic E-state index is 12.7. The fraction of sp³-hybridized carbons (Fsp3) is 0.889. The lowest BCUT2D eigenvalue weighted by Gasteiger charge is -2.29. The molecule has 0 radical (unpaired) electrons. The third-order valence-electron chi connectivity index (χ3n) is 2.96. The Balaban J connectivity index is 2.80. The van der Waals surface area contributed by atoms with Crippen LogP contribution in [0, 0.1) is 5.41 Å². The smallest absolute Gasteiger partial charge is 0.395 e. The average Bonchev–Trinajstić information content (AvgIpc) is 2.60. The number of halogens is 3. The second-order valence-electron chi connectivity index (χ2n) is 4.23. The highest BCUT2D eigenvalue weighted by atomic mass is 19.4. The van der Waals surface area contributed by atoms with Gasteiger partial charge in [0, 0.05) is 13.1 Å². The molecule has 1 aliphatic rings. The number of nitrogens with zero attached hydrogens (tertiary/aromatic N) is 1. The molecule has 16 heavy (non-hydrogen) atoms. The summed E-state index contributed by atoms with van der Waals surface area (Å²) in [5.41, 5.74) is 3.14. The number of aliphatic hydroxyl groups is 1. The summed E-state index contributed by atoms with van der Waals surface area (Å²) in [5.74, 6) is -0.514. The van der Waals surface area contributed by atoms with E-state index in [1.807, 2.05) is 0 Å².